The van der Waals surface area contributed by atoms with Gasteiger partial charge in [0.15, 0.2) is 0 Å². The van der Waals surface area contributed by atoms with Crippen LogP contribution in [0.3, 0.4) is 0 Å². The summed E-state index contributed by atoms with van der Waals surface area (Å²) < 4.78 is 1.05. The van der Waals surface area contributed by atoms with Gasteiger partial charge in [-0.15, -0.1) is 0 Å². The first-order chi connectivity index (χ1) is 7.25. The highest BCUT2D eigenvalue weighted by molar-refractivity contribution is 9.10. The van der Waals surface area contributed by atoms with Crippen molar-refractivity contribution in [2.75, 3.05) is 5.32 Å². The van der Waals surface area contributed by atoms with Gasteiger partial charge in [0, 0.05) is 27.1 Å². The number of nitrogens with one attached hydrogen (secondary N) is 1. The summed E-state index contributed by atoms with van der Waals surface area (Å²) in [7, 11) is 0. The van der Waals surface area contributed by atoms with Crippen LogP contribution in [-0.2, 0) is 6.54 Å². The summed E-state index contributed by atoms with van der Waals surface area (Å²) in [6, 6.07) is 7.92. The van der Waals surface area contributed by atoms with Gasteiger partial charge in [0.1, 0.15) is 0 Å². The number of anilines is 1. The highest BCUT2D eigenvalue weighted by Gasteiger charge is 2.01. The molecule has 0 unspecified atom stereocenters. The van der Waals surface area contributed by atoms with Crippen molar-refractivity contribution in [3.63, 3.8) is 0 Å². The third-order valence-electron chi connectivity index (χ3n) is 2.01. The number of halogens is 2. The van der Waals surface area contributed by atoms with Gasteiger partial charge in [0.25, 0.3) is 0 Å². The quantitative estimate of drug-likeness (QED) is 0.860. The Labute approximate surface area is 106 Å². The lowest BCUT2D eigenvalue weighted by Crippen LogP contribution is -1.98. The number of thiophene rings is 1. The molecule has 2 aromatic rings. The lowest BCUT2D eigenvalue weighted by molar-refractivity contribution is 1.15. The normalized spacial score (nSPS) is 10.3. The molecule has 1 aromatic heterocycles. The van der Waals surface area contributed by atoms with E-state index < -0.39 is 0 Å². The van der Waals surface area contributed by atoms with Gasteiger partial charge in [-0.3, -0.25) is 0 Å². The summed E-state index contributed by atoms with van der Waals surface area (Å²) in [5.41, 5.74) is 2.23. The summed E-state index contributed by atoms with van der Waals surface area (Å²) in [5.74, 6) is 0. The highest BCUT2D eigenvalue weighted by atomic mass is 79.9. The molecule has 1 heterocycles. The van der Waals surface area contributed by atoms with Crippen molar-refractivity contribution in [3.05, 3.63) is 50.1 Å². The van der Waals surface area contributed by atoms with Crippen molar-refractivity contribution in [2.45, 2.75) is 6.54 Å². The van der Waals surface area contributed by atoms with Crippen LogP contribution in [0.25, 0.3) is 0 Å². The van der Waals surface area contributed by atoms with Crippen molar-refractivity contribution in [3.8, 4) is 0 Å². The Balaban J connectivity index is 2.07. The van der Waals surface area contributed by atoms with Crippen molar-refractivity contribution >= 4 is 44.6 Å². The number of hydrogen-bond donors (Lipinski definition) is 1. The molecule has 4 heteroatoms. The molecule has 0 spiro atoms. The fourth-order valence-corrected chi connectivity index (χ4v) is 2.45. The molecular formula is C11H9BrClNS. The summed E-state index contributed by atoms with van der Waals surface area (Å²) >= 11 is 11.2. The average molecular weight is 303 g/mol. The van der Waals surface area contributed by atoms with Crippen LogP contribution >= 0.6 is 38.9 Å². The van der Waals surface area contributed by atoms with Crippen molar-refractivity contribution in [1.29, 1.82) is 0 Å². The Morgan fingerprint density at radius 2 is 2.20 bits per heavy atom. The third-order valence-corrected chi connectivity index (χ3v) is 3.56. The predicted octanol–water partition coefficient (Wildman–Crippen LogP) is 4.78. The second kappa shape index (κ2) is 5.01. The Bertz CT molecular complexity index is 442. The molecule has 1 aromatic carbocycles. The standard InChI is InChI=1S/C11H9BrClNS/c12-9-1-2-11(13)8(5-9)6-14-10-3-4-15-7-10/h1-5,7,14H,6H2. The van der Waals surface area contributed by atoms with Crippen LogP contribution in [0, 0.1) is 0 Å². The molecule has 78 valence electrons. The van der Waals surface area contributed by atoms with E-state index >= 15 is 0 Å². The fourth-order valence-electron chi connectivity index (χ4n) is 1.24. The maximum absolute atomic E-state index is 6.08. The second-order valence-electron chi connectivity index (χ2n) is 3.10. The molecule has 0 radical (unpaired) electrons. The number of hydrogen-bond acceptors (Lipinski definition) is 2. The maximum Gasteiger partial charge on any atom is 0.0456 e. The molecule has 15 heavy (non-hydrogen) atoms. The van der Waals surface area contributed by atoms with Gasteiger partial charge >= 0.3 is 0 Å². The Kier molecular flexibility index (Phi) is 3.67. The van der Waals surface area contributed by atoms with E-state index in [9.17, 15) is 0 Å². The molecule has 1 nitrogen and oxygen atoms in total. The van der Waals surface area contributed by atoms with Gasteiger partial charge in [0.2, 0.25) is 0 Å². The van der Waals surface area contributed by atoms with E-state index in [1.807, 2.05) is 23.6 Å². The lowest BCUT2D eigenvalue weighted by Gasteiger charge is -2.06. The van der Waals surface area contributed by atoms with Gasteiger partial charge in [-0.2, -0.15) is 11.3 Å². The van der Waals surface area contributed by atoms with Gasteiger partial charge in [-0.05, 0) is 35.2 Å². The topological polar surface area (TPSA) is 12.0 Å². The first-order valence-electron chi connectivity index (χ1n) is 4.46. The van der Waals surface area contributed by atoms with Crippen LogP contribution in [0.5, 0.6) is 0 Å². The van der Waals surface area contributed by atoms with Crippen molar-refractivity contribution in [2.24, 2.45) is 0 Å². The third kappa shape index (κ3) is 2.97. The van der Waals surface area contributed by atoms with E-state index in [0.29, 0.717) is 0 Å². The second-order valence-corrected chi connectivity index (χ2v) is 5.20. The average Bonchev–Trinajstić information content (AvgIpc) is 2.72. The summed E-state index contributed by atoms with van der Waals surface area (Å²) in [6.07, 6.45) is 0. The monoisotopic (exact) mass is 301 g/mol. The minimum Gasteiger partial charge on any atom is -0.380 e. The van der Waals surface area contributed by atoms with E-state index in [-0.39, 0.29) is 0 Å². The summed E-state index contributed by atoms with van der Waals surface area (Å²) in [5, 5.41) is 8.23. The summed E-state index contributed by atoms with van der Waals surface area (Å²) in [6.45, 7) is 0.745. The van der Waals surface area contributed by atoms with E-state index in [1.54, 1.807) is 11.3 Å². The van der Waals surface area contributed by atoms with E-state index in [1.165, 1.54) is 0 Å². The minimum atomic E-state index is 0.745. The molecule has 0 atom stereocenters. The summed E-state index contributed by atoms with van der Waals surface area (Å²) in [4.78, 5) is 0. The first kappa shape index (κ1) is 11.0. The van der Waals surface area contributed by atoms with Crippen LogP contribution in [0.15, 0.2) is 39.5 Å². The minimum absolute atomic E-state index is 0.745. The van der Waals surface area contributed by atoms with Crippen molar-refractivity contribution in [1.82, 2.24) is 0 Å². The van der Waals surface area contributed by atoms with Crippen LogP contribution in [0.1, 0.15) is 5.56 Å². The first-order valence-corrected chi connectivity index (χ1v) is 6.57. The van der Waals surface area contributed by atoms with Crippen LogP contribution in [-0.4, -0.2) is 0 Å². The molecule has 0 bridgehead atoms. The SMILES string of the molecule is Clc1ccc(Br)cc1CNc1ccsc1. The lowest BCUT2D eigenvalue weighted by atomic mass is 10.2. The number of rotatable bonds is 3. The molecule has 0 aliphatic carbocycles. The molecule has 0 aliphatic rings. The van der Waals surface area contributed by atoms with E-state index in [0.717, 1.165) is 27.3 Å². The van der Waals surface area contributed by atoms with Crippen LogP contribution in [0.2, 0.25) is 5.02 Å². The van der Waals surface area contributed by atoms with E-state index in [2.05, 4.69) is 32.7 Å². The highest BCUT2D eigenvalue weighted by Crippen LogP contribution is 2.22. The maximum atomic E-state index is 6.08. The van der Waals surface area contributed by atoms with Gasteiger partial charge in [-0.25, -0.2) is 0 Å². The van der Waals surface area contributed by atoms with E-state index in [4.69, 9.17) is 11.6 Å². The Morgan fingerprint density at radius 1 is 1.33 bits per heavy atom. The van der Waals surface area contributed by atoms with Gasteiger partial charge in [0.05, 0.1) is 0 Å². The van der Waals surface area contributed by atoms with Gasteiger partial charge < -0.3 is 5.32 Å². The zero-order valence-corrected chi connectivity index (χ0v) is 11.0. The predicted molar refractivity (Wildman–Crippen MR) is 70.8 cm³/mol. The molecule has 0 amide bonds. The van der Waals surface area contributed by atoms with Crippen molar-refractivity contribution < 1.29 is 0 Å². The fraction of sp³-hybridized carbons (Fsp3) is 0.0909. The van der Waals surface area contributed by atoms with Crippen LogP contribution in [0.4, 0.5) is 5.69 Å². The van der Waals surface area contributed by atoms with Crippen LogP contribution < -0.4 is 5.32 Å². The molecule has 0 fully saturated rings. The molecule has 2 rings (SSSR count). The number of benzene rings is 1. The molecular weight excluding hydrogens is 294 g/mol. The molecule has 0 saturated heterocycles. The molecule has 1 N–H and O–H groups in total. The molecule has 0 aliphatic heterocycles. The Hall–Kier alpha value is -0.510. The van der Waals surface area contributed by atoms with Gasteiger partial charge in [-0.1, -0.05) is 27.5 Å². The smallest absolute Gasteiger partial charge is 0.0456 e. The zero-order chi connectivity index (χ0) is 10.7. The Morgan fingerprint density at radius 3 is 2.93 bits per heavy atom. The zero-order valence-electron chi connectivity index (χ0n) is 7.84. The largest absolute Gasteiger partial charge is 0.380 e. The molecule has 0 saturated carbocycles.